The van der Waals surface area contributed by atoms with Crippen LogP contribution < -0.4 is 0 Å². The van der Waals surface area contributed by atoms with Gasteiger partial charge in [0.15, 0.2) is 0 Å². The number of benzene rings is 4. The average Bonchev–Trinajstić information content (AvgIpc) is 2.80. The Hall–Kier alpha value is -4.72. The molecule has 0 aliphatic heterocycles. The van der Waals surface area contributed by atoms with Crippen LogP contribution in [-0.4, -0.2) is 40.9 Å². The molecule has 0 spiro atoms. The summed E-state index contributed by atoms with van der Waals surface area (Å²) in [6.45, 7) is 6.36. The lowest BCUT2D eigenvalue weighted by molar-refractivity contribution is 0.436. The molecule has 4 aromatic carbocycles. The molecular weight excluding hydrogens is 476 g/mol. The number of rotatable bonds is 4. The first-order chi connectivity index (χ1) is 17.3. The number of phenols is 8. The molecule has 0 atom stereocenters. The topological polar surface area (TPSA) is 162 Å². The van der Waals surface area contributed by atoms with Gasteiger partial charge in [-0.05, 0) is 96.5 Å². The molecule has 8 N–H and O–H groups in total. The highest BCUT2D eigenvalue weighted by Gasteiger charge is 2.45. The zero-order valence-corrected chi connectivity index (χ0v) is 20.7. The lowest BCUT2D eigenvalue weighted by Gasteiger charge is -2.41. The van der Waals surface area contributed by atoms with Crippen LogP contribution in [0.1, 0.15) is 44.5 Å². The Kier molecular flexibility index (Phi) is 5.99. The summed E-state index contributed by atoms with van der Waals surface area (Å²) >= 11 is 0. The Morgan fingerprint density at radius 1 is 0.351 bits per heavy atom. The molecule has 0 saturated carbocycles. The van der Waals surface area contributed by atoms with Crippen LogP contribution in [0.3, 0.4) is 0 Å². The molecule has 0 aliphatic carbocycles. The number of aromatic hydroxyl groups is 8. The molecule has 0 amide bonds. The summed E-state index contributed by atoms with van der Waals surface area (Å²) in [5.41, 5.74) is 0.349. The Morgan fingerprint density at radius 2 is 0.541 bits per heavy atom. The molecule has 0 heterocycles. The van der Waals surface area contributed by atoms with Gasteiger partial charge in [0, 0.05) is 24.3 Å². The molecular formula is C29H28O8. The number of hydrogen-bond donors (Lipinski definition) is 8. The van der Waals surface area contributed by atoms with Gasteiger partial charge < -0.3 is 40.9 Å². The summed E-state index contributed by atoms with van der Waals surface area (Å²) in [7, 11) is 0. The van der Waals surface area contributed by atoms with E-state index in [4.69, 9.17) is 0 Å². The highest BCUT2D eigenvalue weighted by atomic mass is 16.3. The Bertz CT molecular complexity index is 1320. The van der Waals surface area contributed by atoms with E-state index in [0.29, 0.717) is 0 Å². The van der Waals surface area contributed by atoms with Crippen molar-refractivity contribution in [3.63, 3.8) is 0 Å². The molecule has 0 fully saturated rings. The van der Waals surface area contributed by atoms with Crippen LogP contribution in [0.5, 0.6) is 46.0 Å². The second-order valence-electron chi connectivity index (χ2n) is 9.30. The minimum absolute atomic E-state index is 0.235. The van der Waals surface area contributed by atoms with E-state index in [1.54, 1.807) is 27.7 Å². The van der Waals surface area contributed by atoms with Gasteiger partial charge in [-0.2, -0.15) is 0 Å². The van der Waals surface area contributed by atoms with E-state index in [0.717, 1.165) is 24.3 Å². The van der Waals surface area contributed by atoms with Gasteiger partial charge in [-0.3, -0.25) is 0 Å². The van der Waals surface area contributed by atoms with Crippen molar-refractivity contribution in [1.29, 1.82) is 0 Å². The standard InChI is InChI=1S/C29H28O8/c1-13-21(5-17(30)9-25(13)34)29(22-6-18(31)10-26(35)14(22)2,23-7-19(32)11-27(36)15(23)3)24-8-20(33)12-28(37)16(24)4/h5-12,30-37H,1-4H3. The highest BCUT2D eigenvalue weighted by Crippen LogP contribution is 2.55. The lowest BCUT2D eigenvalue weighted by atomic mass is 9.60. The van der Waals surface area contributed by atoms with Gasteiger partial charge in [0.05, 0.1) is 5.41 Å². The van der Waals surface area contributed by atoms with Crippen molar-refractivity contribution >= 4 is 0 Å². The van der Waals surface area contributed by atoms with Gasteiger partial charge in [-0.25, -0.2) is 0 Å². The van der Waals surface area contributed by atoms with E-state index in [-0.39, 0.29) is 90.5 Å². The molecule has 4 rings (SSSR count). The Morgan fingerprint density at radius 3 is 0.730 bits per heavy atom. The molecule has 8 heteroatoms. The average molecular weight is 505 g/mol. The summed E-state index contributed by atoms with van der Waals surface area (Å²) in [6, 6.07) is 10.1. The molecule has 0 aromatic heterocycles. The third-order valence-corrected chi connectivity index (χ3v) is 7.08. The van der Waals surface area contributed by atoms with Gasteiger partial charge in [0.25, 0.3) is 0 Å². The summed E-state index contributed by atoms with van der Waals surface area (Å²) in [4.78, 5) is 0. The molecule has 8 nitrogen and oxygen atoms in total. The van der Waals surface area contributed by atoms with Crippen LogP contribution >= 0.6 is 0 Å². The van der Waals surface area contributed by atoms with Crippen molar-refractivity contribution in [1.82, 2.24) is 0 Å². The third kappa shape index (κ3) is 3.87. The predicted octanol–water partition coefficient (Wildman–Crippen LogP) is 4.95. The maximum atomic E-state index is 10.8. The summed E-state index contributed by atoms with van der Waals surface area (Å²) < 4.78 is 0. The third-order valence-electron chi connectivity index (χ3n) is 7.08. The van der Waals surface area contributed by atoms with Crippen molar-refractivity contribution in [3.05, 3.63) is 93.0 Å². The number of hydrogen-bond acceptors (Lipinski definition) is 8. The normalized spacial score (nSPS) is 11.6. The monoisotopic (exact) mass is 504 g/mol. The quantitative estimate of drug-likeness (QED) is 0.181. The van der Waals surface area contributed by atoms with Crippen molar-refractivity contribution in [2.45, 2.75) is 33.1 Å². The second kappa shape index (κ2) is 8.74. The summed E-state index contributed by atoms with van der Waals surface area (Å²) in [6.07, 6.45) is 0. The molecule has 0 unspecified atom stereocenters. The van der Waals surface area contributed by atoms with Crippen molar-refractivity contribution in [2.24, 2.45) is 0 Å². The first kappa shape index (κ1) is 25.4. The minimum atomic E-state index is -1.72. The molecule has 0 aliphatic rings. The van der Waals surface area contributed by atoms with E-state index < -0.39 is 5.41 Å². The van der Waals surface area contributed by atoms with Gasteiger partial charge in [0.2, 0.25) is 0 Å². The van der Waals surface area contributed by atoms with Gasteiger partial charge >= 0.3 is 0 Å². The smallest absolute Gasteiger partial charge is 0.122 e. The fourth-order valence-corrected chi connectivity index (χ4v) is 5.16. The van der Waals surface area contributed by atoms with E-state index in [9.17, 15) is 40.9 Å². The fraction of sp³-hybridized carbons (Fsp3) is 0.172. The fourth-order valence-electron chi connectivity index (χ4n) is 5.16. The van der Waals surface area contributed by atoms with Crippen molar-refractivity contribution in [2.75, 3.05) is 0 Å². The van der Waals surface area contributed by atoms with Crippen LogP contribution in [0.15, 0.2) is 48.5 Å². The lowest BCUT2D eigenvalue weighted by Crippen LogP contribution is -2.34. The molecule has 192 valence electrons. The van der Waals surface area contributed by atoms with Crippen LogP contribution in [-0.2, 0) is 5.41 Å². The van der Waals surface area contributed by atoms with Crippen molar-refractivity contribution < 1.29 is 40.9 Å². The number of phenolic OH excluding ortho intramolecular Hbond substituents is 8. The summed E-state index contributed by atoms with van der Waals surface area (Å²) in [5.74, 6) is -2.34. The predicted molar refractivity (Wildman–Crippen MR) is 137 cm³/mol. The summed E-state index contributed by atoms with van der Waals surface area (Å²) in [5, 5.41) is 85.5. The van der Waals surface area contributed by atoms with Gasteiger partial charge in [0.1, 0.15) is 46.0 Å². The first-order valence-corrected chi connectivity index (χ1v) is 11.4. The zero-order chi connectivity index (χ0) is 27.4. The molecule has 0 saturated heterocycles. The second-order valence-corrected chi connectivity index (χ2v) is 9.30. The SMILES string of the molecule is Cc1c(O)cc(O)cc1C(c1cc(O)cc(O)c1C)(c1cc(O)cc(O)c1C)c1cc(O)cc(O)c1C. The highest BCUT2D eigenvalue weighted by molar-refractivity contribution is 5.72. The molecule has 4 aromatic rings. The Balaban J connectivity index is 2.45. The molecule has 0 bridgehead atoms. The largest absolute Gasteiger partial charge is 0.508 e. The molecule has 0 radical (unpaired) electrons. The zero-order valence-electron chi connectivity index (χ0n) is 20.7. The van der Waals surface area contributed by atoms with Crippen LogP contribution in [0.4, 0.5) is 0 Å². The van der Waals surface area contributed by atoms with E-state index in [1.807, 2.05) is 0 Å². The maximum absolute atomic E-state index is 10.8. The first-order valence-electron chi connectivity index (χ1n) is 11.4. The molecule has 37 heavy (non-hydrogen) atoms. The van der Waals surface area contributed by atoms with Crippen molar-refractivity contribution in [3.8, 4) is 46.0 Å². The minimum Gasteiger partial charge on any atom is -0.508 e. The van der Waals surface area contributed by atoms with Gasteiger partial charge in [-0.1, -0.05) is 0 Å². The van der Waals surface area contributed by atoms with Crippen LogP contribution in [0.2, 0.25) is 0 Å². The van der Waals surface area contributed by atoms with Gasteiger partial charge in [-0.15, -0.1) is 0 Å². The van der Waals surface area contributed by atoms with E-state index in [2.05, 4.69) is 0 Å². The maximum Gasteiger partial charge on any atom is 0.122 e. The Labute approximate surface area is 213 Å². The van der Waals surface area contributed by atoms with E-state index >= 15 is 0 Å². The van der Waals surface area contributed by atoms with E-state index in [1.165, 1.54) is 24.3 Å². The van der Waals surface area contributed by atoms with Crippen LogP contribution in [0, 0.1) is 27.7 Å². The van der Waals surface area contributed by atoms with Crippen LogP contribution in [0.25, 0.3) is 0 Å².